The summed E-state index contributed by atoms with van der Waals surface area (Å²) >= 11 is 0. The minimum Gasteiger partial charge on any atom is -0.495 e. The van der Waals surface area contributed by atoms with Crippen molar-refractivity contribution in [2.75, 3.05) is 37.0 Å². The predicted molar refractivity (Wildman–Crippen MR) is 104 cm³/mol. The quantitative estimate of drug-likeness (QED) is 0.813. The van der Waals surface area contributed by atoms with Crippen molar-refractivity contribution in [1.82, 2.24) is 0 Å². The first-order valence-electron chi connectivity index (χ1n) is 9.17. The van der Waals surface area contributed by atoms with Crippen LogP contribution in [0.25, 0.3) is 0 Å². The number of nitrogens with one attached hydrogen (secondary N) is 1. The Morgan fingerprint density at radius 2 is 1.85 bits per heavy atom. The van der Waals surface area contributed by atoms with Crippen molar-refractivity contribution in [1.29, 1.82) is 0 Å². The van der Waals surface area contributed by atoms with Crippen LogP contribution in [0.15, 0.2) is 48.5 Å². The number of hydrogen-bond donors (Lipinski definition) is 1. The summed E-state index contributed by atoms with van der Waals surface area (Å²) in [5.41, 5.74) is 1.83. The van der Waals surface area contributed by atoms with E-state index in [2.05, 4.69) is 16.3 Å². The van der Waals surface area contributed by atoms with E-state index in [9.17, 15) is 4.79 Å². The van der Waals surface area contributed by atoms with Crippen molar-refractivity contribution in [3.8, 4) is 11.5 Å². The highest BCUT2D eigenvalue weighted by molar-refractivity contribution is 5.93. The van der Waals surface area contributed by atoms with Crippen molar-refractivity contribution in [2.24, 2.45) is 0 Å². The third kappa shape index (κ3) is 4.91. The fraction of sp³-hybridized carbons (Fsp3) is 0.381. The molecule has 1 saturated heterocycles. The summed E-state index contributed by atoms with van der Waals surface area (Å²) < 4.78 is 11.0. The molecule has 0 radical (unpaired) electrons. The average molecular weight is 354 g/mol. The van der Waals surface area contributed by atoms with Crippen LogP contribution >= 0.6 is 0 Å². The molecule has 5 nitrogen and oxygen atoms in total. The van der Waals surface area contributed by atoms with E-state index in [4.69, 9.17) is 9.47 Å². The van der Waals surface area contributed by atoms with E-state index in [1.165, 1.54) is 19.3 Å². The van der Waals surface area contributed by atoms with Gasteiger partial charge in [0.25, 0.3) is 0 Å². The molecule has 1 heterocycles. The standard InChI is InChI=1S/C21H26N2O3/c1-25-20-11-10-17(23-13-6-3-7-14-23)16-19(20)22-21(24)12-15-26-18-8-4-2-5-9-18/h2,4-5,8-11,16H,3,6-7,12-15H2,1H3,(H,22,24). The Morgan fingerprint density at radius 3 is 2.58 bits per heavy atom. The summed E-state index contributed by atoms with van der Waals surface area (Å²) in [6, 6.07) is 15.5. The number of ether oxygens (including phenoxy) is 2. The minimum atomic E-state index is -0.0879. The zero-order valence-electron chi connectivity index (χ0n) is 15.2. The van der Waals surface area contributed by atoms with Gasteiger partial charge in [-0.1, -0.05) is 18.2 Å². The second-order valence-corrected chi connectivity index (χ2v) is 6.39. The van der Waals surface area contributed by atoms with Crippen molar-refractivity contribution >= 4 is 17.3 Å². The number of amides is 1. The van der Waals surface area contributed by atoms with Crippen LogP contribution in [0.5, 0.6) is 11.5 Å². The molecule has 0 spiro atoms. The van der Waals surface area contributed by atoms with Gasteiger partial charge in [-0.15, -0.1) is 0 Å². The Kier molecular flexibility index (Phi) is 6.36. The Balaban J connectivity index is 1.58. The van der Waals surface area contributed by atoms with Gasteiger partial charge in [-0.05, 0) is 49.6 Å². The molecule has 1 amide bonds. The number of piperidine rings is 1. The van der Waals surface area contributed by atoms with Gasteiger partial charge in [0.2, 0.25) is 5.91 Å². The van der Waals surface area contributed by atoms with Crippen LogP contribution in [0.4, 0.5) is 11.4 Å². The first-order valence-corrected chi connectivity index (χ1v) is 9.17. The molecule has 0 saturated carbocycles. The highest BCUT2D eigenvalue weighted by Gasteiger charge is 2.14. The molecule has 1 fully saturated rings. The van der Waals surface area contributed by atoms with Crippen LogP contribution in [0, 0.1) is 0 Å². The van der Waals surface area contributed by atoms with Crippen LogP contribution in [0.1, 0.15) is 25.7 Å². The number of hydrogen-bond acceptors (Lipinski definition) is 4. The maximum atomic E-state index is 12.3. The molecule has 0 bridgehead atoms. The Hall–Kier alpha value is -2.69. The second-order valence-electron chi connectivity index (χ2n) is 6.39. The third-order valence-corrected chi connectivity index (χ3v) is 4.52. The van der Waals surface area contributed by atoms with Crippen LogP contribution in [-0.2, 0) is 4.79 Å². The number of nitrogens with zero attached hydrogens (tertiary/aromatic N) is 1. The van der Waals surface area contributed by atoms with E-state index in [0.717, 1.165) is 24.5 Å². The summed E-state index contributed by atoms with van der Waals surface area (Å²) in [5, 5.41) is 2.96. The summed E-state index contributed by atoms with van der Waals surface area (Å²) in [6.45, 7) is 2.46. The van der Waals surface area contributed by atoms with Gasteiger partial charge < -0.3 is 19.7 Å². The highest BCUT2D eigenvalue weighted by atomic mass is 16.5. The molecule has 2 aromatic carbocycles. The molecule has 0 unspecified atom stereocenters. The summed E-state index contributed by atoms with van der Waals surface area (Å²) in [5.74, 6) is 1.35. The topological polar surface area (TPSA) is 50.8 Å². The molecule has 26 heavy (non-hydrogen) atoms. The van der Waals surface area contributed by atoms with Crippen molar-refractivity contribution < 1.29 is 14.3 Å². The van der Waals surface area contributed by atoms with Gasteiger partial charge in [0.15, 0.2) is 0 Å². The number of methoxy groups -OCH3 is 1. The Bertz CT molecular complexity index is 712. The summed E-state index contributed by atoms with van der Waals surface area (Å²) in [7, 11) is 1.62. The second kappa shape index (κ2) is 9.13. The lowest BCUT2D eigenvalue weighted by Gasteiger charge is -2.29. The maximum absolute atomic E-state index is 12.3. The number of benzene rings is 2. The number of anilines is 2. The SMILES string of the molecule is COc1ccc(N2CCCCC2)cc1NC(=O)CCOc1ccccc1. The molecular weight excluding hydrogens is 328 g/mol. The molecule has 0 aromatic heterocycles. The molecule has 0 atom stereocenters. The van der Waals surface area contributed by atoms with Gasteiger partial charge in [-0.25, -0.2) is 0 Å². The van der Waals surface area contributed by atoms with E-state index >= 15 is 0 Å². The summed E-state index contributed by atoms with van der Waals surface area (Å²) in [6.07, 6.45) is 4.00. The smallest absolute Gasteiger partial charge is 0.227 e. The third-order valence-electron chi connectivity index (χ3n) is 4.52. The van der Waals surface area contributed by atoms with Gasteiger partial charge in [0, 0.05) is 18.8 Å². The molecule has 1 aliphatic rings. The molecule has 3 rings (SSSR count). The molecular formula is C21H26N2O3. The number of carbonyl (C=O) groups is 1. The van der Waals surface area contributed by atoms with E-state index in [0.29, 0.717) is 18.0 Å². The maximum Gasteiger partial charge on any atom is 0.227 e. The van der Waals surface area contributed by atoms with Gasteiger partial charge in [0.1, 0.15) is 11.5 Å². The lowest BCUT2D eigenvalue weighted by atomic mass is 10.1. The van der Waals surface area contributed by atoms with E-state index in [1.807, 2.05) is 42.5 Å². The summed E-state index contributed by atoms with van der Waals surface area (Å²) in [4.78, 5) is 14.7. The molecule has 5 heteroatoms. The monoisotopic (exact) mass is 354 g/mol. The molecule has 2 aromatic rings. The lowest BCUT2D eigenvalue weighted by molar-refractivity contribution is -0.116. The van der Waals surface area contributed by atoms with Crippen molar-refractivity contribution in [2.45, 2.75) is 25.7 Å². The Labute approximate surface area is 154 Å². The van der Waals surface area contributed by atoms with Gasteiger partial charge >= 0.3 is 0 Å². The molecule has 0 aliphatic carbocycles. The number of rotatable bonds is 7. The van der Waals surface area contributed by atoms with E-state index in [1.54, 1.807) is 7.11 Å². The Morgan fingerprint density at radius 1 is 1.08 bits per heavy atom. The highest BCUT2D eigenvalue weighted by Crippen LogP contribution is 2.31. The van der Waals surface area contributed by atoms with Gasteiger partial charge in [-0.2, -0.15) is 0 Å². The van der Waals surface area contributed by atoms with Crippen LogP contribution in [-0.4, -0.2) is 32.7 Å². The first kappa shape index (κ1) is 18.1. The van der Waals surface area contributed by atoms with E-state index < -0.39 is 0 Å². The first-order chi connectivity index (χ1) is 12.8. The molecule has 1 N–H and O–H groups in total. The van der Waals surface area contributed by atoms with Crippen LogP contribution in [0.3, 0.4) is 0 Å². The average Bonchev–Trinajstić information content (AvgIpc) is 2.69. The fourth-order valence-electron chi connectivity index (χ4n) is 3.13. The minimum absolute atomic E-state index is 0.0879. The van der Waals surface area contributed by atoms with Crippen molar-refractivity contribution in [3.05, 3.63) is 48.5 Å². The zero-order valence-corrected chi connectivity index (χ0v) is 15.2. The number of carbonyl (C=O) groups excluding carboxylic acids is 1. The molecule has 138 valence electrons. The van der Waals surface area contributed by atoms with Gasteiger partial charge in [0.05, 0.1) is 25.8 Å². The largest absolute Gasteiger partial charge is 0.495 e. The van der Waals surface area contributed by atoms with Crippen molar-refractivity contribution in [3.63, 3.8) is 0 Å². The fourth-order valence-corrected chi connectivity index (χ4v) is 3.13. The number of para-hydroxylation sites is 1. The van der Waals surface area contributed by atoms with E-state index in [-0.39, 0.29) is 12.3 Å². The zero-order chi connectivity index (χ0) is 18.2. The van der Waals surface area contributed by atoms with Crippen LogP contribution < -0.4 is 19.7 Å². The predicted octanol–water partition coefficient (Wildman–Crippen LogP) is 4.09. The van der Waals surface area contributed by atoms with Gasteiger partial charge in [-0.3, -0.25) is 4.79 Å². The normalized spacial score (nSPS) is 14.0. The van der Waals surface area contributed by atoms with Crippen LogP contribution in [0.2, 0.25) is 0 Å². The lowest BCUT2D eigenvalue weighted by Crippen LogP contribution is -2.29. The molecule has 1 aliphatic heterocycles.